The molecule has 1 aliphatic heterocycles. The fraction of sp³-hybridized carbons (Fsp3) is 0.536. The number of halogens is 5. The van der Waals surface area contributed by atoms with E-state index in [1.54, 1.807) is 17.9 Å². The molecule has 0 spiro atoms. The van der Waals surface area contributed by atoms with Crippen LogP contribution in [-0.4, -0.2) is 51.9 Å². The molecule has 0 radical (unpaired) electrons. The minimum absolute atomic E-state index is 0.117. The second-order valence-corrected chi connectivity index (χ2v) is 10.2. The van der Waals surface area contributed by atoms with Gasteiger partial charge in [0, 0.05) is 42.8 Å². The van der Waals surface area contributed by atoms with Crippen molar-refractivity contribution in [3.05, 3.63) is 63.9 Å². The van der Waals surface area contributed by atoms with Crippen molar-refractivity contribution >= 4 is 23.4 Å². The monoisotopic (exact) mass is 555 g/mol. The molecule has 0 saturated carbocycles. The zero-order chi connectivity index (χ0) is 27.9. The van der Waals surface area contributed by atoms with Crippen LogP contribution in [0.25, 0.3) is 0 Å². The highest BCUT2D eigenvalue weighted by Crippen LogP contribution is 2.32. The molecule has 0 unspecified atom stereocenters. The average molecular weight is 556 g/mol. The molecule has 0 fully saturated rings. The molecular formula is C28H34ClF4N3O2. The van der Waals surface area contributed by atoms with Gasteiger partial charge in [-0.05, 0) is 74.4 Å². The van der Waals surface area contributed by atoms with Crippen molar-refractivity contribution in [2.24, 2.45) is 0 Å². The molecule has 38 heavy (non-hydrogen) atoms. The molecule has 2 amide bonds. The number of hydrogen-bond donors (Lipinski definition) is 0. The first kappa shape index (κ1) is 29.9. The van der Waals surface area contributed by atoms with E-state index in [1.807, 2.05) is 19.1 Å². The molecule has 0 bridgehead atoms. The highest BCUT2D eigenvalue weighted by atomic mass is 35.5. The Morgan fingerprint density at radius 3 is 2.66 bits per heavy atom. The van der Waals surface area contributed by atoms with E-state index in [2.05, 4.69) is 4.98 Å². The number of pyridine rings is 1. The van der Waals surface area contributed by atoms with E-state index in [1.165, 1.54) is 11.1 Å². The van der Waals surface area contributed by atoms with Crippen molar-refractivity contribution in [3.63, 3.8) is 0 Å². The van der Waals surface area contributed by atoms with Crippen LogP contribution in [-0.2, 0) is 23.9 Å². The fourth-order valence-electron chi connectivity index (χ4n) is 5.06. The third-order valence-electron chi connectivity index (χ3n) is 7.00. The van der Waals surface area contributed by atoms with Crippen LogP contribution in [0, 0.1) is 0 Å². The summed E-state index contributed by atoms with van der Waals surface area (Å²) in [5.41, 5.74) is 0.332. The molecular weight excluding hydrogens is 522 g/mol. The summed E-state index contributed by atoms with van der Waals surface area (Å²) < 4.78 is 53.6. The number of rotatable bonds is 11. The highest BCUT2D eigenvalue weighted by molar-refractivity contribution is 6.30. The second-order valence-electron chi connectivity index (χ2n) is 9.76. The zero-order valence-electron chi connectivity index (χ0n) is 21.7. The molecule has 5 nitrogen and oxygen atoms in total. The standard InChI is InChI=1S/C28H34ClF4N3O2/c1-3-7-19(2)35(27(38)26-24(28(31,32)33)9-5-14-34-26)15-6-10-25(37)36-18-20-11-12-22(29)16-21(20)17-23(36)8-4-13-30/h5,9,11-12,14,16,19,23H,3-4,6-8,10,13,15,17-18H2,1-2H3/t19-,23-/m0/s1. The molecule has 3 rings (SSSR count). The lowest BCUT2D eigenvalue weighted by Gasteiger charge is -2.37. The van der Waals surface area contributed by atoms with Gasteiger partial charge in [-0.15, -0.1) is 0 Å². The van der Waals surface area contributed by atoms with Crippen molar-refractivity contribution < 1.29 is 27.2 Å². The van der Waals surface area contributed by atoms with Crippen LogP contribution < -0.4 is 0 Å². The maximum absolute atomic E-state index is 13.5. The lowest BCUT2D eigenvalue weighted by Crippen LogP contribution is -2.45. The normalized spacial score (nSPS) is 16.2. The minimum atomic E-state index is -4.71. The summed E-state index contributed by atoms with van der Waals surface area (Å²) in [5.74, 6) is -0.922. The predicted octanol–water partition coefficient (Wildman–Crippen LogP) is 6.87. The number of carbonyl (C=O) groups excluding carboxylic acids is 2. The molecule has 10 heteroatoms. The molecule has 2 heterocycles. The number of amides is 2. The van der Waals surface area contributed by atoms with E-state index < -0.39 is 30.0 Å². The Kier molecular flexibility index (Phi) is 10.5. The third-order valence-corrected chi connectivity index (χ3v) is 7.24. The lowest BCUT2D eigenvalue weighted by molar-refractivity contribution is -0.138. The van der Waals surface area contributed by atoms with Gasteiger partial charge in [-0.2, -0.15) is 13.2 Å². The van der Waals surface area contributed by atoms with Gasteiger partial charge in [0.15, 0.2) is 0 Å². The van der Waals surface area contributed by atoms with Crippen molar-refractivity contribution in [1.82, 2.24) is 14.8 Å². The summed E-state index contributed by atoms with van der Waals surface area (Å²) in [7, 11) is 0. The summed E-state index contributed by atoms with van der Waals surface area (Å²) in [6.45, 7) is 3.76. The quantitative estimate of drug-likeness (QED) is 0.284. The molecule has 1 aromatic carbocycles. The Labute approximate surface area is 226 Å². The third kappa shape index (κ3) is 7.46. The molecule has 0 aliphatic carbocycles. The molecule has 1 aliphatic rings. The van der Waals surface area contributed by atoms with E-state index >= 15 is 0 Å². The van der Waals surface area contributed by atoms with Gasteiger partial charge in [-0.3, -0.25) is 19.0 Å². The number of benzene rings is 1. The van der Waals surface area contributed by atoms with E-state index in [0.29, 0.717) is 37.3 Å². The van der Waals surface area contributed by atoms with E-state index in [4.69, 9.17) is 11.6 Å². The van der Waals surface area contributed by atoms with Crippen LogP contribution in [0.4, 0.5) is 17.6 Å². The molecule has 208 valence electrons. The van der Waals surface area contributed by atoms with Gasteiger partial charge < -0.3 is 9.80 Å². The van der Waals surface area contributed by atoms with Gasteiger partial charge >= 0.3 is 6.18 Å². The van der Waals surface area contributed by atoms with Crippen LogP contribution in [0.1, 0.15) is 79.6 Å². The van der Waals surface area contributed by atoms with Crippen molar-refractivity contribution in [1.29, 1.82) is 0 Å². The van der Waals surface area contributed by atoms with Gasteiger partial charge in [0.2, 0.25) is 5.91 Å². The number of alkyl halides is 4. The maximum Gasteiger partial charge on any atom is 0.418 e. The summed E-state index contributed by atoms with van der Waals surface area (Å²) in [6.07, 6.45) is -0.348. The SMILES string of the molecule is CCC[C@H](C)N(CCCC(=O)N1Cc2ccc(Cl)cc2C[C@@H]1CCCF)C(=O)c1ncccc1C(F)(F)F. The molecule has 0 saturated heterocycles. The Bertz CT molecular complexity index is 1110. The highest BCUT2D eigenvalue weighted by Gasteiger charge is 2.38. The summed E-state index contributed by atoms with van der Waals surface area (Å²) in [4.78, 5) is 33.5. The number of carbonyl (C=O) groups is 2. The molecule has 2 aromatic rings. The van der Waals surface area contributed by atoms with E-state index in [-0.39, 0.29) is 37.4 Å². The lowest BCUT2D eigenvalue weighted by atomic mass is 9.91. The van der Waals surface area contributed by atoms with Crippen LogP contribution in [0.3, 0.4) is 0 Å². The zero-order valence-corrected chi connectivity index (χ0v) is 22.5. The number of nitrogens with zero attached hydrogens (tertiary/aromatic N) is 3. The Morgan fingerprint density at radius 2 is 1.97 bits per heavy atom. The van der Waals surface area contributed by atoms with Gasteiger partial charge in [0.05, 0.1) is 12.2 Å². The van der Waals surface area contributed by atoms with Crippen molar-refractivity contribution in [3.8, 4) is 0 Å². The first-order valence-corrected chi connectivity index (χ1v) is 13.4. The van der Waals surface area contributed by atoms with E-state index in [0.717, 1.165) is 29.7 Å². The number of fused-ring (bicyclic) bond motifs is 1. The van der Waals surface area contributed by atoms with Crippen LogP contribution in [0.15, 0.2) is 36.5 Å². The number of hydrogen-bond acceptors (Lipinski definition) is 3. The molecule has 1 aromatic heterocycles. The van der Waals surface area contributed by atoms with Crippen molar-refractivity contribution in [2.75, 3.05) is 13.2 Å². The second kappa shape index (κ2) is 13.4. The average Bonchev–Trinajstić information content (AvgIpc) is 2.88. The Balaban J connectivity index is 1.73. The van der Waals surface area contributed by atoms with Crippen LogP contribution in [0.2, 0.25) is 5.02 Å². The van der Waals surface area contributed by atoms with Gasteiger partial charge in [-0.25, -0.2) is 0 Å². The van der Waals surface area contributed by atoms with Crippen LogP contribution in [0.5, 0.6) is 0 Å². The van der Waals surface area contributed by atoms with Gasteiger partial charge in [-0.1, -0.05) is 31.0 Å². The van der Waals surface area contributed by atoms with Crippen molar-refractivity contribution in [2.45, 2.75) is 83.6 Å². The minimum Gasteiger partial charge on any atom is -0.335 e. The smallest absolute Gasteiger partial charge is 0.335 e. The van der Waals surface area contributed by atoms with E-state index in [9.17, 15) is 27.2 Å². The Hall–Kier alpha value is -2.68. The van der Waals surface area contributed by atoms with Gasteiger partial charge in [0.25, 0.3) is 5.91 Å². The summed E-state index contributed by atoms with van der Waals surface area (Å²) in [5, 5.41) is 0.611. The van der Waals surface area contributed by atoms with Gasteiger partial charge in [0.1, 0.15) is 5.69 Å². The Morgan fingerprint density at radius 1 is 1.21 bits per heavy atom. The number of aromatic nitrogens is 1. The molecule has 2 atom stereocenters. The largest absolute Gasteiger partial charge is 0.418 e. The summed E-state index contributed by atoms with van der Waals surface area (Å²) >= 11 is 6.14. The molecule has 0 N–H and O–H groups in total. The first-order chi connectivity index (χ1) is 18.1. The first-order valence-electron chi connectivity index (χ1n) is 13.0. The maximum atomic E-state index is 13.5. The predicted molar refractivity (Wildman–Crippen MR) is 139 cm³/mol. The fourth-order valence-corrected chi connectivity index (χ4v) is 5.25. The summed E-state index contributed by atoms with van der Waals surface area (Å²) in [6, 6.07) is 7.07. The van der Waals surface area contributed by atoms with Crippen LogP contribution >= 0.6 is 11.6 Å². The topological polar surface area (TPSA) is 53.5 Å².